The van der Waals surface area contributed by atoms with Gasteiger partial charge >= 0.3 is 0 Å². The van der Waals surface area contributed by atoms with E-state index in [0.717, 1.165) is 27.8 Å². The molecule has 2 amide bonds. The normalized spacial score (nSPS) is 11.6. The maximum absolute atomic E-state index is 14.2. The van der Waals surface area contributed by atoms with E-state index in [1.807, 2.05) is 91.9 Å². The van der Waals surface area contributed by atoms with E-state index in [2.05, 4.69) is 35.6 Å². The molecule has 0 bridgehead atoms. The SMILES string of the molecule is CNC(=O)[C@H](Cc1ccccc1)N(Cc1cccc(C)c1)C(=O)CC(c1ccccc1)c1ccccc1. The minimum absolute atomic E-state index is 0.0521. The van der Waals surface area contributed by atoms with Gasteiger partial charge in [-0.15, -0.1) is 0 Å². The van der Waals surface area contributed by atoms with Gasteiger partial charge in [0.1, 0.15) is 6.04 Å². The van der Waals surface area contributed by atoms with Crippen molar-refractivity contribution in [2.75, 3.05) is 7.05 Å². The molecule has 4 aromatic carbocycles. The van der Waals surface area contributed by atoms with Crippen molar-refractivity contribution in [1.82, 2.24) is 10.2 Å². The van der Waals surface area contributed by atoms with E-state index in [0.29, 0.717) is 13.0 Å². The van der Waals surface area contributed by atoms with Crippen LogP contribution in [0.15, 0.2) is 115 Å². The standard InChI is InChI=1S/C33H34N2O2/c1-25-13-12-16-27(21-25)24-35(31(33(37)34-2)22-26-14-6-3-7-15-26)32(36)23-30(28-17-8-4-9-18-28)29-19-10-5-11-20-29/h3-21,30-31H,22-24H2,1-2H3,(H,34,37)/t31-/m0/s1. The first-order valence-corrected chi connectivity index (χ1v) is 12.8. The fraction of sp³-hybridized carbons (Fsp3) is 0.212. The summed E-state index contributed by atoms with van der Waals surface area (Å²) in [5.74, 6) is -0.332. The minimum Gasteiger partial charge on any atom is -0.357 e. The number of likely N-dealkylation sites (N-methyl/N-ethyl adjacent to an activating group) is 1. The van der Waals surface area contributed by atoms with Gasteiger partial charge in [-0.2, -0.15) is 0 Å². The van der Waals surface area contributed by atoms with E-state index in [4.69, 9.17) is 0 Å². The second-order valence-electron chi connectivity index (χ2n) is 9.41. The van der Waals surface area contributed by atoms with Crippen LogP contribution in [0.3, 0.4) is 0 Å². The molecule has 188 valence electrons. The fourth-order valence-corrected chi connectivity index (χ4v) is 4.82. The molecule has 0 spiro atoms. The minimum atomic E-state index is -0.632. The van der Waals surface area contributed by atoms with E-state index in [-0.39, 0.29) is 24.2 Å². The number of carbonyl (C=O) groups excluding carboxylic acids is 2. The Kier molecular flexibility index (Phi) is 8.88. The molecule has 0 saturated carbocycles. The zero-order valence-corrected chi connectivity index (χ0v) is 21.5. The Hall–Kier alpha value is -4.18. The predicted molar refractivity (Wildman–Crippen MR) is 149 cm³/mol. The first kappa shape index (κ1) is 25.9. The Morgan fingerprint density at radius 3 is 1.81 bits per heavy atom. The van der Waals surface area contributed by atoms with Crippen molar-refractivity contribution in [3.8, 4) is 0 Å². The largest absolute Gasteiger partial charge is 0.357 e. The number of hydrogen-bond donors (Lipinski definition) is 1. The second-order valence-corrected chi connectivity index (χ2v) is 9.41. The van der Waals surface area contributed by atoms with Crippen LogP contribution in [0.2, 0.25) is 0 Å². The topological polar surface area (TPSA) is 49.4 Å². The molecule has 1 atom stereocenters. The van der Waals surface area contributed by atoms with E-state index in [1.165, 1.54) is 0 Å². The summed E-state index contributed by atoms with van der Waals surface area (Å²) >= 11 is 0. The molecule has 0 aliphatic carbocycles. The van der Waals surface area contributed by atoms with Crippen LogP contribution in [0.4, 0.5) is 0 Å². The zero-order chi connectivity index (χ0) is 26.0. The van der Waals surface area contributed by atoms with Crippen molar-refractivity contribution in [2.45, 2.75) is 38.3 Å². The third-order valence-corrected chi connectivity index (χ3v) is 6.74. The summed E-state index contributed by atoms with van der Waals surface area (Å²) < 4.78 is 0. The molecular formula is C33H34N2O2. The average molecular weight is 491 g/mol. The van der Waals surface area contributed by atoms with Crippen LogP contribution >= 0.6 is 0 Å². The van der Waals surface area contributed by atoms with Crippen LogP contribution in [-0.4, -0.2) is 29.8 Å². The summed E-state index contributed by atoms with van der Waals surface area (Å²) in [6.45, 7) is 2.40. The van der Waals surface area contributed by atoms with Crippen molar-refractivity contribution in [1.29, 1.82) is 0 Å². The van der Waals surface area contributed by atoms with E-state index in [9.17, 15) is 9.59 Å². The van der Waals surface area contributed by atoms with Gasteiger partial charge in [-0.3, -0.25) is 9.59 Å². The summed E-state index contributed by atoms with van der Waals surface area (Å²) in [4.78, 5) is 29.2. The molecular weight excluding hydrogens is 456 g/mol. The highest BCUT2D eigenvalue weighted by Crippen LogP contribution is 2.30. The molecule has 0 heterocycles. The predicted octanol–water partition coefficient (Wildman–Crippen LogP) is 5.90. The molecule has 0 fully saturated rings. The summed E-state index contributed by atoms with van der Waals surface area (Å²) in [5, 5.41) is 2.80. The molecule has 0 aliphatic heterocycles. The lowest BCUT2D eigenvalue weighted by Gasteiger charge is -2.32. The molecule has 4 heteroatoms. The number of amides is 2. The smallest absolute Gasteiger partial charge is 0.242 e. The Bertz CT molecular complexity index is 1250. The molecule has 4 nitrogen and oxygen atoms in total. The molecule has 0 radical (unpaired) electrons. The van der Waals surface area contributed by atoms with Crippen LogP contribution in [0.1, 0.15) is 40.2 Å². The van der Waals surface area contributed by atoms with Gasteiger partial charge in [0.25, 0.3) is 0 Å². The number of rotatable bonds is 10. The molecule has 0 aliphatic rings. The highest BCUT2D eigenvalue weighted by molar-refractivity contribution is 5.88. The summed E-state index contributed by atoms with van der Waals surface area (Å²) in [7, 11) is 1.63. The van der Waals surface area contributed by atoms with Gasteiger partial charge in [0.05, 0.1) is 0 Å². The maximum Gasteiger partial charge on any atom is 0.242 e. The van der Waals surface area contributed by atoms with Gasteiger partial charge in [-0.25, -0.2) is 0 Å². The second kappa shape index (κ2) is 12.7. The number of nitrogens with zero attached hydrogens (tertiary/aromatic N) is 1. The van der Waals surface area contributed by atoms with E-state index in [1.54, 1.807) is 11.9 Å². The Balaban J connectivity index is 1.71. The summed E-state index contributed by atoms with van der Waals surface area (Å²) in [6, 6.07) is 37.6. The van der Waals surface area contributed by atoms with E-state index < -0.39 is 6.04 Å². The summed E-state index contributed by atoms with van der Waals surface area (Å²) in [6.07, 6.45) is 0.710. The number of aryl methyl sites for hydroxylation is 1. The van der Waals surface area contributed by atoms with Crippen LogP contribution in [0.5, 0.6) is 0 Å². The fourth-order valence-electron chi connectivity index (χ4n) is 4.82. The first-order valence-electron chi connectivity index (χ1n) is 12.8. The lowest BCUT2D eigenvalue weighted by atomic mass is 9.87. The maximum atomic E-state index is 14.2. The highest BCUT2D eigenvalue weighted by atomic mass is 16.2. The van der Waals surface area contributed by atoms with Gasteiger partial charge in [0.2, 0.25) is 11.8 Å². The number of benzene rings is 4. The van der Waals surface area contributed by atoms with Gasteiger partial charge < -0.3 is 10.2 Å². The zero-order valence-electron chi connectivity index (χ0n) is 21.5. The van der Waals surface area contributed by atoms with Crippen LogP contribution in [-0.2, 0) is 22.6 Å². The Morgan fingerprint density at radius 2 is 1.27 bits per heavy atom. The lowest BCUT2D eigenvalue weighted by Crippen LogP contribution is -2.50. The van der Waals surface area contributed by atoms with Crippen molar-refractivity contribution < 1.29 is 9.59 Å². The van der Waals surface area contributed by atoms with Gasteiger partial charge in [-0.05, 0) is 29.2 Å². The third kappa shape index (κ3) is 6.95. The third-order valence-electron chi connectivity index (χ3n) is 6.74. The first-order chi connectivity index (χ1) is 18.0. The van der Waals surface area contributed by atoms with Crippen molar-refractivity contribution in [3.05, 3.63) is 143 Å². The molecule has 0 unspecified atom stereocenters. The molecule has 4 aromatic rings. The molecule has 4 rings (SSSR count). The van der Waals surface area contributed by atoms with Crippen LogP contribution in [0, 0.1) is 6.92 Å². The number of hydrogen-bond acceptors (Lipinski definition) is 2. The molecule has 0 aromatic heterocycles. The van der Waals surface area contributed by atoms with Crippen molar-refractivity contribution >= 4 is 11.8 Å². The Morgan fingerprint density at radius 1 is 0.730 bits per heavy atom. The van der Waals surface area contributed by atoms with Gasteiger partial charge in [0.15, 0.2) is 0 Å². The monoisotopic (exact) mass is 490 g/mol. The average Bonchev–Trinajstić information content (AvgIpc) is 2.94. The quantitative estimate of drug-likeness (QED) is 0.301. The number of nitrogens with one attached hydrogen (secondary N) is 1. The van der Waals surface area contributed by atoms with Crippen LogP contribution in [0.25, 0.3) is 0 Å². The van der Waals surface area contributed by atoms with E-state index >= 15 is 0 Å². The highest BCUT2D eigenvalue weighted by Gasteiger charge is 2.31. The Labute approximate surface area is 220 Å². The number of carbonyl (C=O) groups is 2. The van der Waals surface area contributed by atoms with Gasteiger partial charge in [-0.1, -0.05) is 121 Å². The lowest BCUT2D eigenvalue weighted by molar-refractivity contribution is -0.141. The van der Waals surface area contributed by atoms with Crippen molar-refractivity contribution in [3.63, 3.8) is 0 Å². The molecule has 1 N–H and O–H groups in total. The summed E-state index contributed by atoms with van der Waals surface area (Å²) in [5.41, 5.74) is 5.30. The molecule has 37 heavy (non-hydrogen) atoms. The van der Waals surface area contributed by atoms with Crippen molar-refractivity contribution in [2.24, 2.45) is 0 Å². The molecule has 0 saturated heterocycles. The van der Waals surface area contributed by atoms with Gasteiger partial charge in [0, 0.05) is 32.4 Å². The van der Waals surface area contributed by atoms with Crippen LogP contribution < -0.4 is 5.32 Å².